The van der Waals surface area contributed by atoms with Crippen molar-refractivity contribution >= 4 is 17.5 Å². The Labute approximate surface area is 97.7 Å². The average Bonchev–Trinajstić information content (AvgIpc) is 2.23. The molecule has 0 aliphatic rings. The number of primary amides is 1. The number of hydrogen-bond donors (Lipinski definition) is 2. The van der Waals surface area contributed by atoms with Gasteiger partial charge < -0.3 is 15.8 Å². The van der Waals surface area contributed by atoms with Crippen LogP contribution in [0, 0.1) is 17.0 Å². The lowest BCUT2D eigenvalue weighted by Gasteiger charge is -2.07. The van der Waals surface area contributed by atoms with E-state index in [1.165, 1.54) is 6.07 Å². The van der Waals surface area contributed by atoms with E-state index in [9.17, 15) is 14.9 Å². The van der Waals surface area contributed by atoms with Crippen molar-refractivity contribution in [3.05, 3.63) is 33.9 Å². The highest BCUT2D eigenvalue weighted by Gasteiger charge is 2.12. The zero-order chi connectivity index (χ0) is 12.8. The molecule has 0 atom stereocenters. The molecule has 0 aliphatic heterocycles. The molecule has 0 saturated carbocycles. The molecule has 0 unspecified atom stereocenters. The van der Waals surface area contributed by atoms with Gasteiger partial charge in [0.1, 0.15) is 12.3 Å². The van der Waals surface area contributed by atoms with Gasteiger partial charge in [0.2, 0.25) is 0 Å². The summed E-state index contributed by atoms with van der Waals surface area (Å²) in [6.45, 7) is 2.14. The highest BCUT2D eigenvalue weighted by Crippen LogP contribution is 2.24. The Bertz CT molecular complexity index is 434. The van der Waals surface area contributed by atoms with Crippen LogP contribution in [0.25, 0.3) is 0 Å². The lowest BCUT2D eigenvalue weighted by Crippen LogP contribution is -2.18. The Hall–Kier alpha value is -2.31. The first kappa shape index (κ1) is 12.8. The summed E-state index contributed by atoms with van der Waals surface area (Å²) in [5.41, 5.74) is 6.05. The summed E-state index contributed by atoms with van der Waals surface area (Å²) in [5, 5.41) is 13.6. The number of carbonyl (C=O) groups excluding carboxylic acids is 1. The number of carbonyl (C=O) groups is 1. The van der Waals surface area contributed by atoms with E-state index in [1.807, 2.05) is 6.92 Å². The minimum absolute atomic E-state index is 0.0188. The molecular weight excluding hydrogens is 226 g/mol. The molecular formula is C10H13N3O4. The fraction of sp³-hybridized carbons (Fsp3) is 0.300. The van der Waals surface area contributed by atoms with Crippen molar-refractivity contribution in [3.63, 3.8) is 0 Å². The second kappa shape index (κ2) is 5.69. The third kappa shape index (κ3) is 3.98. The van der Waals surface area contributed by atoms with Crippen molar-refractivity contribution in [1.82, 2.24) is 0 Å². The Morgan fingerprint density at radius 1 is 1.59 bits per heavy atom. The van der Waals surface area contributed by atoms with Crippen LogP contribution in [0.3, 0.4) is 0 Å². The standard InChI is InChI=1S/C10H13N3O4/c1-7-2-3-9(13(15)16)8(6-7)12-4-5-17-10(11)14/h2-3,6,12H,4-5H2,1H3,(H2,11,14). The summed E-state index contributed by atoms with van der Waals surface area (Å²) in [4.78, 5) is 20.6. The topological polar surface area (TPSA) is 107 Å². The van der Waals surface area contributed by atoms with Gasteiger partial charge in [0.25, 0.3) is 5.69 Å². The molecule has 0 heterocycles. The summed E-state index contributed by atoms with van der Waals surface area (Å²) in [6, 6.07) is 4.73. The molecule has 1 aromatic rings. The zero-order valence-corrected chi connectivity index (χ0v) is 9.30. The lowest BCUT2D eigenvalue weighted by atomic mass is 10.2. The van der Waals surface area contributed by atoms with E-state index < -0.39 is 11.0 Å². The van der Waals surface area contributed by atoms with Crippen LogP contribution in [-0.4, -0.2) is 24.2 Å². The van der Waals surface area contributed by atoms with Crippen LogP contribution >= 0.6 is 0 Å². The quantitative estimate of drug-likeness (QED) is 0.459. The monoisotopic (exact) mass is 239 g/mol. The van der Waals surface area contributed by atoms with E-state index in [4.69, 9.17) is 5.73 Å². The number of benzene rings is 1. The molecule has 0 spiro atoms. The van der Waals surface area contributed by atoms with Crippen molar-refractivity contribution in [2.24, 2.45) is 5.73 Å². The number of nitro groups is 1. The van der Waals surface area contributed by atoms with Crippen LogP contribution in [0.15, 0.2) is 18.2 Å². The fourth-order valence-electron chi connectivity index (χ4n) is 1.29. The summed E-state index contributed by atoms with van der Waals surface area (Å²) in [5.74, 6) is 0. The second-order valence-electron chi connectivity index (χ2n) is 3.37. The fourth-order valence-corrected chi connectivity index (χ4v) is 1.29. The number of ether oxygens (including phenoxy) is 1. The zero-order valence-electron chi connectivity index (χ0n) is 9.30. The molecule has 7 heteroatoms. The van der Waals surface area contributed by atoms with Crippen LogP contribution in [0.5, 0.6) is 0 Å². The maximum Gasteiger partial charge on any atom is 0.404 e. The maximum absolute atomic E-state index is 10.7. The van der Waals surface area contributed by atoms with Crippen molar-refractivity contribution in [3.8, 4) is 0 Å². The van der Waals surface area contributed by atoms with Gasteiger partial charge in [-0.2, -0.15) is 0 Å². The SMILES string of the molecule is Cc1ccc([N+](=O)[O-])c(NCCOC(N)=O)c1. The number of nitro benzene ring substituents is 1. The molecule has 17 heavy (non-hydrogen) atoms. The molecule has 0 aliphatic carbocycles. The molecule has 3 N–H and O–H groups in total. The van der Waals surface area contributed by atoms with Crippen molar-refractivity contribution < 1.29 is 14.5 Å². The number of anilines is 1. The highest BCUT2D eigenvalue weighted by atomic mass is 16.6. The van der Waals surface area contributed by atoms with Gasteiger partial charge in [0.05, 0.1) is 4.92 Å². The van der Waals surface area contributed by atoms with Gasteiger partial charge in [-0.1, -0.05) is 6.07 Å². The normalized spacial score (nSPS) is 9.71. The molecule has 1 aromatic carbocycles. The Morgan fingerprint density at radius 3 is 2.88 bits per heavy atom. The summed E-state index contributed by atoms with van der Waals surface area (Å²) in [7, 11) is 0. The molecule has 0 radical (unpaired) electrons. The van der Waals surface area contributed by atoms with E-state index in [2.05, 4.69) is 10.1 Å². The first-order valence-corrected chi connectivity index (χ1v) is 4.92. The van der Waals surface area contributed by atoms with Gasteiger partial charge >= 0.3 is 6.09 Å². The van der Waals surface area contributed by atoms with Gasteiger partial charge in [0, 0.05) is 12.6 Å². The van der Waals surface area contributed by atoms with Gasteiger partial charge in [-0.05, 0) is 18.6 Å². The number of nitrogens with zero attached hydrogens (tertiary/aromatic N) is 1. The van der Waals surface area contributed by atoms with Gasteiger partial charge in [0.15, 0.2) is 0 Å². The molecule has 7 nitrogen and oxygen atoms in total. The maximum atomic E-state index is 10.7. The van der Waals surface area contributed by atoms with E-state index >= 15 is 0 Å². The molecule has 92 valence electrons. The Morgan fingerprint density at radius 2 is 2.29 bits per heavy atom. The summed E-state index contributed by atoms with van der Waals surface area (Å²) >= 11 is 0. The predicted octanol–water partition coefficient (Wildman–Crippen LogP) is 1.41. The molecule has 0 aromatic heterocycles. The number of aryl methyl sites for hydroxylation is 1. The Kier molecular flexibility index (Phi) is 4.27. The van der Waals surface area contributed by atoms with Gasteiger partial charge in [-0.25, -0.2) is 4.79 Å². The summed E-state index contributed by atoms with van der Waals surface area (Å²) < 4.78 is 4.50. The first-order valence-electron chi connectivity index (χ1n) is 4.92. The number of rotatable bonds is 5. The number of nitrogens with one attached hydrogen (secondary N) is 1. The second-order valence-corrected chi connectivity index (χ2v) is 3.37. The minimum Gasteiger partial charge on any atom is -0.448 e. The van der Waals surface area contributed by atoms with E-state index in [0.29, 0.717) is 5.69 Å². The Balaban J connectivity index is 2.65. The number of hydrogen-bond acceptors (Lipinski definition) is 5. The minimum atomic E-state index is -0.870. The number of amides is 1. The third-order valence-corrected chi connectivity index (χ3v) is 2.01. The largest absolute Gasteiger partial charge is 0.448 e. The van der Waals surface area contributed by atoms with Gasteiger partial charge in [-0.15, -0.1) is 0 Å². The first-order chi connectivity index (χ1) is 8.00. The van der Waals surface area contributed by atoms with Crippen LogP contribution in [0.4, 0.5) is 16.2 Å². The number of nitrogens with two attached hydrogens (primary N) is 1. The van der Waals surface area contributed by atoms with E-state index in [0.717, 1.165) is 5.56 Å². The summed E-state index contributed by atoms with van der Waals surface area (Å²) in [6.07, 6.45) is -0.870. The van der Waals surface area contributed by atoms with E-state index in [1.54, 1.807) is 12.1 Å². The molecule has 1 amide bonds. The van der Waals surface area contributed by atoms with Crippen LogP contribution < -0.4 is 11.1 Å². The molecule has 1 rings (SSSR count). The smallest absolute Gasteiger partial charge is 0.404 e. The van der Waals surface area contributed by atoms with Crippen LogP contribution in [0.2, 0.25) is 0 Å². The van der Waals surface area contributed by atoms with Crippen LogP contribution in [-0.2, 0) is 4.74 Å². The average molecular weight is 239 g/mol. The molecule has 0 fully saturated rings. The van der Waals surface area contributed by atoms with E-state index in [-0.39, 0.29) is 18.8 Å². The lowest BCUT2D eigenvalue weighted by molar-refractivity contribution is -0.384. The third-order valence-electron chi connectivity index (χ3n) is 2.01. The highest BCUT2D eigenvalue weighted by molar-refractivity contribution is 5.65. The predicted molar refractivity (Wildman–Crippen MR) is 61.9 cm³/mol. The molecule has 0 bridgehead atoms. The van der Waals surface area contributed by atoms with Crippen molar-refractivity contribution in [2.75, 3.05) is 18.5 Å². The van der Waals surface area contributed by atoms with Crippen LogP contribution in [0.1, 0.15) is 5.56 Å². The van der Waals surface area contributed by atoms with Gasteiger partial charge in [-0.3, -0.25) is 10.1 Å². The van der Waals surface area contributed by atoms with Crippen molar-refractivity contribution in [1.29, 1.82) is 0 Å². The molecule has 0 saturated heterocycles. The van der Waals surface area contributed by atoms with Crippen molar-refractivity contribution in [2.45, 2.75) is 6.92 Å².